The fraction of sp³-hybridized carbons (Fsp3) is 0.455. The maximum Gasteiger partial charge on any atom is 0.314 e. The fourth-order valence-electron chi connectivity index (χ4n) is 2.06. The predicted octanol–water partition coefficient (Wildman–Crippen LogP) is 0.567. The quantitative estimate of drug-likeness (QED) is 0.783. The molecule has 0 atom stereocenters. The third-order valence-electron chi connectivity index (χ3n) is 3.08. The van der Waals surface area contributed by atoms with Crippen LogP contribution in [-0.2, 0) is 10.2 Å². The van der Waals surface area contributed by atoms with Crippen molar-refractivity contribution >= 4 is 5.97 Å². The molecule has 0 saturated heterocycles. The number of carbonyl (C=O) groups is 1. The third kappa shape index (κ3) is 1.53. The van der Waals surface area contributed by atoms with Crippen LogP contribution in [0.2, 0.25) is 0 Å². The van der Waals surface area contributed by atoms with E-state index in [4.69, 9.17) is 4.74 Å². The highest BCUT2D eigenvalue weighted by Crippen LogP contribution is 2.44. The first-order valence-corrected chi connectivity index (χ1v) is 5.00. The van der Waals surface area contributed by atoms with Crippen molar-refractivity contribution in [3.8, 4) is 5.88 Å². The Labute approximate surface area is 92.7 Å². The highest BCUT2D eigenvalue weighted by Gasteiger charge is 2.51. The van der Waals surface area contributed by atoms with Crippen LogP contribution in [0.5, 0.6) is 5.88 Å². The molecule has 1 aromatic heterocycles. The number of rotatable bonds is 3. The summed E-state index contributed by atoms with van der Waals surface area (Å²) >= 11 is 0. The molecule has 5 heteroatoms. The molecule has 0 amide bonds. The number of hydrogen-bond acceptors (Lipinski definition) is 4. The maximum absolute atomic E-state index is 11.2. The van der Waals surface area contributed by atoms with Gasteiger partial charge in [-0.1, -0.05) is 6.07 Å². The molecule has 0 aliphatic heterocycles. The van der Waals surface area contributed by atoms with Crippen LogP contribution < -0.4 is 4.74 Å². The molecule has 0 radical (unpaired) electrons. The smallest absolute Gasteiger partial charge is 0.314 e. The third-order valence-corrected chi connectivity index (χ3v) is 3.08. The number of hydrogen-bond donors (Lipinski definition) is 2. The molecule has 0 aromatic carbocycles. The van der Waals surface area contributed by atoms with Gasteiger partial charge in [0, 0.05) is 12.3 Å². The molecule has 1 heterocycles. The van der Waals surface area contributed by atoms with E-state index >= 15 is 0 Å². The van der Waals surface area contributed by atoms with Crippen molar-refractivity contribution in [1.29, 1.82) is 0 Å². The Balaban J connectivity index is 2.30. The Bertz CT molecular complexity index is 395. The Morgan fingerprint density at radius 2 is 2.25 bits per heavy atom. The molecule has 1 saturated carbocycles. The van der Waals surface area contributed by atoms with Gasteiger partial charge in [-0.3, -0.25) is 4.79 Å². The highest BCUT2D eigenvalue weighted by molar-refractivity contribution is 5.82. The number of carboxylic acid groups (broad SMARTS) is 1. The van der Waals surface area contributed by atoms with Crippen LogP contribution in [0.15, 0.2) is 18.3 Å². The van der Waals surface area contributed by atoms with E-state index in [1.165, 1.54) is 13.3 Å². The molecule has 0 unspecified atom stereocenters. The van der Waals surface area contributed by atoms with Crippen molar-refractivity contribution in [1.82, 2.24) is 4.98 Å². The van der Waals surface area contributed by atoms with Gasteiger partial charge in [0.05, 0.1) is 18.6 Å². The summed E-state index contributed by atoms with van der Waals surface area (Å²) in [5, 5.41) is 18.5. The van der Waals surface area contributed by atoms with Crippen molar-refractivity contribution in [2.75, 3.05) is 7.11 Å². The largest absolute Gasteiger partial charge is 0.481 e. The van der Waals surface area contributed by atoms with Gasteiger partial charge >= 0.3 is 5.97 Å². The van der Waals surface area contributed by atoms with Gasteiger partial charge in [-0.05, 0) is 18.4 Å². The second kappa shape index (κ2) is 3.75. The lowest BCUT2D eigenvalue weighted by Gasteiger charge is -2.41. The Hall–Kier alpha value is -1.62. The summed E-state index contributed by atoms with van der Waals surface area (Å²) in [5.41, 5.74) is -0.357. The van der Waals surface area contributed by atoms with Gasteiger partial charge in [-0.2, -0.15) is 0 Å². The molecular formula is C11H13NO4. The normalized spacial score (nSPS) is 28.2. The van der Waals surface area contributed by atoms with E-state index in [-0.39, 0.29) is 12.8 Å². The molecule has 5 nitrogen and oxygen atoms in total. The Morgan fingerprint density at radius 1 is 1.56 bits per heavy atom. The highest BCUT2D eigenvalue weighted by atomic mass is 16.5. The van der Waals surface area contributed by atoms with Crippen molar-refractivity contribution in [3.05, 3.63) is 23.9 Å². The monoisotopic (exact) mass is 223 g/mol. The van der Waals surface area contributed by atoms with Crippen LogP contribution in [0.1, 0.15) is 18.4 Å². The number of pyridine rings is 1. The number of aliphatic carboxylic acids is 1. The van der Waals surface area contributed by atoms with Crippen LogP contribution in [0.3, 0.4) is 0 Å². The number of methoxy groups -OCH3 is 1. The van der Waals surface area contributed by atoms with E-state index in [0.717, 1.165) is 0 Å². The van der Waals surface area contributed by atoms with Gasteiger partial charge in [-0.15, -0.1) is 0 Å². The molecule has 2 N–H and O–H groups in total. The first kappa shape index (κ1) is 10.9. The zero-order chi connectivity index (χ0) is 11.8. The lowest BCUT2D eigenvalue weighted by atomic mass is 9.63. The molecule has 1 aliphatic rings. The van der Waals surface area contributed by atoms with E-state index in [9.17, 15) is 15.0 Å². The average molecular weight is 223 g/mol. The summed E-state index contributed by atoms with van der Waals surface area (Å²) in [4.78, 5) is 15.2. The van der Waals surface area contributed by atoms with E-state index < -0.39 is 17.5 Å². The van der Waals surface area contributed by atoms with Crippen LogP contribution >= 0.6 is 0 Å². The molecule has 1 fully saturated rings. The number of ether oxygens (including phenoxy) is 1. The van der Waals surface area contributed by atoms with Crippen LogP contribution in [0, 0.1) is 0 Å². The van der Waals surface area contributed by atoms with Gasteiger partial charge in [-0.25, -0.2) is 4.98 Å². The lowest BCUT2D eigenvalue weighted by Crippen LogP contribution is -2.50. The van der Waals surface area contributed by atoms with Crippen molar-refractivity contribution in [2.45, 2.75) is 24.4 Å². The molecule has 0 spiro atoms. The van der Waals surface area contributed by atoms with Crippen LogP contribution in [-0.4, -0.2) is 34.4 Å². The number of aliphatic hydroxyl groups is 1. The number of carboxylic acids is 1. The molecule has 1 aliphatic carbocycles. The summed E-state index contributed by atoms with van der Waals surface area (Å²) in [6, 6.07) is 3.32. The molecule has 2 rings (SSSR count). The van der Waals surface area contributed by atoms with Crippen molar-refractivity contribution < 1.29 is 19.7 Å². The maximum atomic E-state index is 11.2. The average Bonchev–Trinajstić information content (AvgIpc) is 2.24. The second-order valence-corrected chi connectivity index (χ2v) is 4.04. The molecule has 86 valence electrons. The first-order chi connectivity index (χ1) is 7.58. The zero-order valence-electron chi connectivity index (χ0n) is 8.88. The topological polar surface area (TPSA) is 79.7 Å². The van der Waals surface area contributed by atoms with Gasteiger partial charge in [0.2, 0.25) is 5.88 Å². The second-order valence-electron chi connectivity index (χ2n) is 4.04. The number of aliphatic hydroxyl groups excluding tert-OH is 1. The predicted molar refractivity (Wildman–Crippen MR) is 55.3 cm³/mol. The Morgan fingerprint density at radius 3 is 2.62 bits per heavy atom. The van der Waals surface area contributed by atoms with Gasteiger partial charge < -0.3 is 14.9 Å². The lowest BCUT2D eigenvalue weighted by molar-refractivity contribution is -0.152. The van der Waals surface area contributed by atoms with Crippen molar-refractivity contribution in [3.63, 3.8) is 0 Å². The summed E-state index contributed by atoms with van der Waals surface area (Å²) in [7, 11) is 1.50. The Kier molecular flexibility index (Phi) is 2.55. The van der Waals surface area contributed by atoms with Crippen LogP contribution in [0.25, 0.3) is 0 Å². The fourth-order valence-corrected chi connectivity index (χ4v) is 2.06. The standard InChI is InChI=1S/C11H13NO4/c1-16-9-3-2-7(6-12-9)11(10(14)15)4-8(13)5-11/h2-3,6,8,13H,4-5H2,1H3,(H,14,15). The number of nitrogens with zero attached hydrogens (tertiary/aromatic N) is 1. The minimum Gasteiger partial charge on any atom is -0.481 e. The SMILES string of the molecule is COc1ccc(C2(C(=O)O)CC(O)C2)cn1. The molecular weight excluding hydrogens is 210 g/mol. The molecule has 1 aromatic rings. The minimum absolute atomic E-state index is 0.246. The van der Waals surface area contributed by atoms with Gasteiger partial charge in [0.1, 0.15) is 0 Å². The summed E-state index contributed by atoms with van der Waals surface area (Å²) in [6.07, 6.45) is 1.46. The van der Waals surface area contributed by atoms with E-state index in [1.54, 1.807) is 12.1 Å². The first-order valence-electron chi connectivity index (χ1n) is 5.00. The zero-order valence-corrected chi connectivity index (χ0v) is 8.88. The van der Waals surface area contributed by atoms with E-state index in [0.29, 0.717) is 11.4 Å². The van der Waals surface area contributed by atoms with Gasteiger partial charge in [0.15, 0.2) is 0 Å². The van der Waals surface area contributed by atoms with Gasteiger partial charge in [0.25, 0.3) is 0 Å². The van der Waals surface area contributed by atoms with E-state index in [1.807, 2.05) is 0 Å². The van der Waals surface area contributed by atoms with Crippen LogP contribution in [0.4, 0.5) is 0 Å². The molecule has 16 heavy (non-hydrogen) atoms. The molecule has 0 bridgehead atoms. The van der Waals surface area contributed by atoms with Crippen molar-refractivity contribution in [2.24, 2.45) is 0 Å². The summed E-state index contributed by atoms with van der Waals surface area (Å²) in [6.45, 7) is 0. The number of aromatic nitrogens is 1. The van der Waals surface area contributed by atoms with E-state index in [2.05, 4.69) is 4.98 Å². The minimum atomic E-state index is -0.974. The summed E-state index contributed by atoms with van der Waals surface area (Å²) in [5.74, 6) is -0.464. The summed E-state index contributed by atoms with van der Waals surface area (Å²) < 4.78 is 4.91.